The van der Waals surface area contributed by atoms with Crippen molar-refractivity contribution in [3.63, 3.8) is 0 Å². The van der Waals surface area contributed by atoms with Gasteiger partial charge in [-0.25, -0.2) is 0 Å². The number of ether oxygens (including phenoxy) is 1. The number of Topliss-reactive ketones (excluding diaryl/α,β-unsaturated/α-hetero) is 1. The second kappa shape index (κ2) is 4.98. The van der Waals surface area contributed by atoms with Gasteiger partial charge in [0.25, 0.3) is 0 Å². The summed E-state index contributed by atoms with van der Waals surface area (Å²) >= 11 is 6.03. The number of halogens is 1. The highest BCUT2D eigenvalue weighted by Gasteiger charge is 2.33. The number of benzene rings is 1. The Morgan fingerprint density at radius 1 is 1.50 bits per heavy atom. The van der Waals surface area contributed by atoms with E-state index >= 15 is 0 Å². The third-order valence-electron chi connectivity index (χ3n) is 3.09. The molecule has 0 amide bonds. The molecule has 1 aromatic rings. The van der Waals surface area contributed by atoms with Crippen molar-refractivity contribution in [3.8, 4) is 0 Å². The summed E-state index contributed by atoms with van der Waals surface area (Å²) < 4.78 is 5.53. The van der Waals surface area contributed by atoms with Gasteiger partial charge >= 0.3 is 0 Å². The Labute approximate surface area is 101 Å². The van der Waals surface area contributed by atoms with Crippen molar-refractivity contribution >= 4 is 17.4 Å². The van der Waals surface area contributed by atoms with Crippen LogP contribution in [0.1, 0.15) is 30.1 Å². The summed E-state index contributed by atoms with van der Waals surface area (Å²) in [5.41, 5.74) is 0.623. The van der Waals surface area contributed by atoms with E-state index in [1.807, 2.05) is 19.1 Å². The normalized spacial score (nSPS) is 24.6. The van der Waals surface area contributed by atoms with Crippen molar-refractivity contribution in [2.45, 2.75) is 25.9 Å². The van der Waals surface area contributed by atoms with Gasteiger partial charge in [0.1, 0.15) is 0 Å². The average molecular weight is 239 g/mol. The van der Waals surface area contributed by atoms with Crippen LogP contribution in [0.4, 0.5) is 0 Å². The molecular weight excluding hydrogens is 224 g/mol. The molecule has 2 atom stereocenters. The van der Waals surface area contributed by atoms with Gasteiger partial charge < -0.3 is 4.74 Å². The van der Waals surface area contributed by atoms with E-state index < -0.39 is 0 Å². The monoisotopic (exact) mass is 238 g/mol. The number of carbonyl (C=O) groups is 1. The Hall–Kier alpha value is -0.860. The maximum absolute atomic E-state index is 12.3. The third-order valence-corrected chi connectivity index (χ3v) is 3.42. The first-order chi connectivity index (χ1) is 7.74. The second-order valence-electron chi connectivity index (χ2n) is 4.06. The van der Waals surface area contributed by atoms with Crippen molar-refractivity contribution in [1.29, 1.82) is 0 Å². The minimum atomic E-state index is -0.0232. The van der Waals surface area contributed by atoms with Crippen molar-refractivity contribution in [2.75, 3.05) is 6.61 Å². The fourth-order valence-electron chi connectivity index (χ4n) is 2.21. The standard InChI is InChI=1S/C13H15ClO2/c1-2-12-10(7-8-16-12)13(15)9-5-3-4-6-11(9)14/h3-6,10,12H,2,7-8H2,1H3. The molecule has 1 saturated heterocycles. The molecule has 2 rings (SSSR count). The number of rotatable bonds is 3. The van der Waals surface area contributed by atoms with Gasteiger partial charge in [0.2, 0.25) is 0 Å². The molecule has 1 aliphatic heterocycles. The maximum atomic E-state index is 12.3. The number of ketones is 1. The lowest BCUT2D eigenvalue weighted by molar-refractivity contribution is 0.0689. The molecule has 0 radical (unpaired) electrons. The van der Waals surface area contributed by atoms with Crippen LogP contribution in [0.2, 0.25) is 5.02 Å². The molecule has 0 saturated carbocycles. The fraction of sp³-hybridized carbons (Fsp3) is 0.462. The first-order valence-electron chi connectivity index (χ1n) is 5.64. The van der Waals surface area contributed by atoms with Gasteiger partial charge in [0.05, 0.1) is 17.0 Å². The zero-order chi connectivity index (χ0) is 11.5. The van der Waals surface area contributed by atoms with Gasteiger partial charge in [-0.05, 0) is 25.0 Å². The van der Waals surface area contributed by atoms with Crippen LogP contribution in [0, 0.1) is 5.92 Å². The van der Waals surface area contributed by atoms with Crippen molar-refractivity contribution in [1.82, 2.24) is 0 Å². The highest BCUT2D eigenvalue weighted by atomic mass is 35.5. The van der Waals surface area contributed by atoms with Gasteiger partial charge in [0, 0.05) is 12.2 Å². The summed E-state index contributed by atoms with van der Waals surface area (Å²) in [7, 11) is 0. The van der Waals surface area contributed by atoms with Crippen molar-refractivity contribution in [3.05, 3.63) is 34.9 Å². The molecule has 1 heterocycles. The summed E-state index contributed by atoms with van der Waals surface area (Å²) in [6.07, 6.45) is 1.74. The van der Waals surface area contributed by atoms with Gasteiger partial charge in [-0.2, -0.15) is 0 Å². The minimum Gasteiger partial charge on any atom is -0.377 e. The average Bonchev–Trinajstić information content (AvgIpc) is 2.77. The SMILES string of the molecule is CCC1OCCC1C(=O)c1ccccc1Cl. The third kappa shape index (κ3) is 2.13. The predicted molar refractivity (Wildman–Crippen MR) is 63.9 cm³/mol. The van der Waals surface area contributed by atoms with E-state index in [9.17, 15) is 4.79 Å². The molecule has 1 aliphatic rings. The van der Waals surface area contributed by atoms with E-state index in [1.165, 1.54) is 0 Å². The van der Waals surface area contributed by atoms with Gasteiger partial charge in [-0.1, -0.05) is 30.7 Å². The lowest BCUT2D eigenvalue weighted by Crippen LogP contribution is -2.24. The fourth-order valence-corrected chi connectivity index (χ4v) is 2.44. The summed E-state index contributed by atoms with van der Waals surface area (Å²) in [5.74, 6) is 0.0971. The Balaban J connectivity index is 2.22. The quantitative estimate of drug-likeness (QED) is 0.755. The zero-order valence-electron chi connectivity index (χ0n) is 9.28. The first-order valence-corrected chi connectivity index (χ1v) is 6.02. The van der Waals surface area contributed by atoms with Crippen LogP contribution < -0.4 is 0 Å². The molecular formula is C13H15ClO2. The molecule has 0 aromatic heterocycles. The lowest BCUT2D eigenvalue weighted by atomic mass is 9.90. The van der Waals surface area contributed by atoms with Crippen LogP contribution in [0.15, 0.2) is 24.3 Å². The van der Waals surface area contributed by atoms with Crippen LogP contribution in [-0.2, 0) is 4.74 Å². The number of hydrogen-bond acceptors (Lipinski definition) is 2. The van der Waals surface area contributed by atoms with E-state index in [1.54, 1.807) is 12.1 Å². The molecule has 0 N–H and O–H groups in total. The summed E-state index contributed by atoms with van der Waals surface area (Å²) in [4.78, 5) is 12.3. The van der Waals surface area contributed by atoms with Gasteiger partial charge in [-0.15, -0.1) is 0 Å². The Bertz CT molecular complexity index is 389. The molecule has 2 unspecified atom stereocenters. The molecule has 0 bridgehead atoms. The topological polar surface area (TPSA) is 26.3 Å². The molecule has 1 fully saturated rings. The Kier molecular flexibility index (Phi) is 3.62. The Morgan fingerprint density at radius 2 is 2.25 bits per heavy atom. The molecule has 0 spiro atoms. The minimum absolute atomic E-state index is 0.0232. The van der Waals surface area contributed by atoms with Crippen LogP contribution >= 0.6 is 11.6 Å². The summed E-state index contributed by atoms with van der Waals surface area (Å²) in [6, 6.07) is 7.22. The molecule has 1 aromatic carbocycles. The van der Waals surface area contributed by atoms with E-state index in [-0.39, 0.29) is 17.8 Å². The smallest absolute Gasteiger partial charge is 0.170 e. The summed E-state index contributed by atoms with van der Waals surface area (Å²) in [6.45, 7) is 2.72. The van der Waals surface area contributed by atoms with Gasteiger partial charge in [-0.3, -0.25) is 4.79 Å². The molecule has 3 heteroatoms. The molecule has 0 aliphatic carbocycles. The molecule has 16 heavy (non-hydrogen) atoms. The summed E-state index contributed by atoms with van der Waals surface area (Å²) in [5, 5.41) is 0.536. The van der Waals surface area contributed by atoms with E-state index in [0.717, 1.165) is 12.8 Å². The van der Waals surface area contributed by atoms with Crippen LogP contribution in [0.5, 0.6) is 0 Å². The van der Waals surface area contributed by atoms with E-state index in [2.05, 4.69) is 0 Å². The van der Waals surface area contributed by atoms with Crippen LogP contribution in [0.3, 0.4) is 0 Å². The highest BCUT2D eigenvalue weighted by Crippen LogP contribution is 2.29. The Morgan fingerprint density at radius 3 is 2.94 bits per heavy atom. The van der Waals surface area contributed by atoms with E-state index in [4.69, 9.17) is 16.3 Å². The number of hydrogen-bond donors (Lipinski definition) is 0. The highest BCUT2D eigenvalue weighted by molar-refractivity contribution is 6.34. The molecule has 2 nitrogen and oxygen atoms in total. The van der Waals surface area contributed by atoms with Gasteiger partial charge in [0.15, 0.2) is 5.78 Å². The largest absolute Gasteiger partial charge is 0.377 e. The van der Waals surface area contributed by atoms with Crippen molar-refractivity contribution < 1.29 is 9.53 Å². The van der Waals surface area contributed by atoms with Crippen LogP contribution in [0.25, 0.3) is 0 Å². The van der Waals surface area contributed by atoms with E-state index in [0.29, 0.717) is 17.2 Å². The predicted octanol–water partition coefficient (Wildman–Crippen LogP) is 3.34. The van der Waals surface area contributed by atoms with Crippen molar-refractivity contribution in [2.24, 2.45) is 5.92 Å². The maximum Gasteiger partial charge on any atom is 0.170 e. The zero-order valence-corrected chi connectivity index (χ0v) is 10.0. The second-order valence-corrected chi connectivity index (χ2v) is 4.46. The first kappa shape index (κ1) is 11.6. The lowest BCUT2D eigenvalue weighted by Gasteiger charge is -2.16. The molecule has 86 valence electrons. The van der Waals surface area contributed by atoms with Crippen LogP contribution in [-0.4, -0.2) is 18.5 Å². The number of carbonyl (C=O) groups excluding carboxylic acids is 1.